The lowest BCUT2D eigenvalue weighted by Gasteiger charge is -2.31. The molecule has 1 spiro atoms. The molecule has 2 saturated carbocycles. The zero-order chi connectivity index (χ0) is 12.1. The Labute approximate surface area is 99.5 Å². The highest BCUT2D eigenvalue weighted by Gasteiger charge is 2.70. The Balaban J connectivity index is 1.44. The lowest BCUT2D eigenvalue weighted by molar-refractivity contribution is -0.122. The van der Waals surface area contributed by atoms with Gasteiger partial charge in [-0.3, -0.25) is 9.69 Å². The Morgan fingerprint density at radius 1 is 1.29 bits per heavy atom. The number of piperidine rings is 1. The van der Waals surface area contributed by atoms with Crippen LogP contribution >= 0.6 is 0 Å². The van der Waals surface area contributed by atoms with Gasteiger partial charge < -0.3 is 5.32 Å². The van der Waals surface area contributed by atoms with Gasteiger partial charge in [0.1, 0.15) is 0 Å². The van der Waals surface area contributed by atoms with Crippen molar-refractivity contribution in [3.8, 4) is 0 Å². The van der Waals surface area contributed by atoms with Crippen LogP contribution in [-0.4, -0.2) is 42.4 Å². The van der Waals surface area contributed by atoms with Crippen molar-refractivity contribution in [2.45, 2.75) is 44.1 Å². The van der Waals surface area contributed by atoms with Gasteiger partial charge in [-0.1, -0.05) is 0 Å². The minimum absolute atomic E-state index is 0.0472. The van der Waals surface area contributed by atoms with E-state index in [1.807, 2.05) is 4.90 Å². The zero-order valence-corrected chi connectivity index (χ0v) is 9.85. The van der Waals surface area contributed by atoms with Crippen molar-refractivity contribution in [2.75, 3.05) is 19.6 Å². The maximum atomic E-state index is 13.1. The van der Waals surface area contributed by atoms with E-state index in [0.717, 1.165) is 12.8 Å². The first kappa shape index (κ1) is 11.4. The number of carbonyl (C=O) groups excluding carboxylic acids is 1. The number of halogens is 2. The molecule has 5 heteroatoms. The number of amides is 1. The van der Waals surface area contributed by atoms with E-state index >= 15 is 0 Å². The Bertz CT molecular complexity index is 333. The normalized spacial score (nSPS) is 30.2. The van der Waals surface area contributed by atoms with E-state index in [1.54, 1.807) is 0 Å². The molecule has 1 aliphatic heterocycles. The van der Waals surface area contributed by atoms with Gasteiger partial charge in [-0.25, -0.2) is 8.78 Å². The number of rotatable bonds is 3. The number of alkyl halides is 2. The maximum absolute atomic E-state index is 13.1. The molecule has 3 rings (SSSR count). The van der Waals surface area contributed by atoms with E-state index in [9.17, 15) is 13.6 Å². The molecule has 2 aliphatic carbocycles. The SMILES string of the molecule is O=C(CN1CCC2(CC1)CC2(F)F)NC1CC1. The Kier molecular flexibility index (Phi) is 2.44. The summed E-state index contributed by atoms with van der Waals surface area (Å²) in [6, 6.07) is 0.381. The van der Waals surface area contributed by atoms with Gasteiger partial charge >= 0.3 is 0 Å². The fourth-order valence-electron chi connectivity index (χ4n) is 2.77. The summed E-state index contributed by atoms with van der Waals surface area (Å²) >= 11 is 0. The van der Waals surface area contributed by atoms with Crippen molar-refractivity contribution in [3.05, 3.63) is 0 Å². The molecule has 3 aliphatic rings. The molecule has 0 aromatic rings. The number of carbonyl (C=O) groups is 1. The Morgan fingerprint density at radius 2 is 1.88 bits per heavy atom. The van der Waals surface area contributed by atoms with Gasteiger partial charge in [0.15, 0.2) is 0 Å². The summed E-state index contributed by atoms with van der Waals surface area (Å²) < 4.78 is 26.3. The second-order valence-corrected chi connectivity index (χ2v) is 5.78. The molecule has 0 aromatic carbocycles. The number of hydrogen-bond acceptors (Lipinski definition) is 2. The minimum atomic E-state index is -2.44. The summed E-state index contributed by atoms with van der Waals surface area (Å²) in [6.07, 6.45) is 3.30. The second-order valence-electron chi connectivity index (χ2n) is 5.78. The van der Waals surface area contributed by atoms with Gasteiger partial charge in [0.05, 0.1) is 6.54 Å². The molecule has 1 N–H and O–H groups in total. The fraction of sp³-hybridized carbons (Fsp3) is 0.917. The number of likely N-dealkylation sites (tertiary alicyclic amines) is 1. The van der Waals surface area contributed by atoms with Gasteiger partial charge in [-0.05, 0) is 38.8 Å². The lowest BCUT2D eigenvalue weighted by Crippen LogP contribution is -2.43. The molecule has 0 aromatic heterocycles. The summed E-state index contributed by atoms with van der Waals surface area (Å²) in [4.78, 5) is 13.6. The highest BCUT2D eigenvalue weighted by atomic mass is 19.3. The third-order valence-electron chi connectivity index (χ3n) is 4.33. The largest absolute Gasteiger partial charge is 0.352 e. The number of nitrogens with zero attached hydrogens (tertiary/aromatic N) is 1. The molecule has 0 atom stereocenters. The number of nitrogens with one attached hydrogen (secondary N) is 1. The van der Waals surface area contributed by atoms with Crippen molar-refractivity contribution in [1.29, 1.82) is 0 Å². The molecule has 3 nitrogen and oxygen atoms in total. The monoisotopic (exact) mass is 244 g/mol. The van der Waals surface area contributed by atoms with Gasteiger partial charge in [-0.2, -0.15) is 0 Å². The Morgan fingerprint density at radius 3 is 2.35 bits per heavy atom. The molecule has 17 heavy (non-hydrogen) atoms. The quantitative estimate of drug-likeness (QED) is 0.813. The predicted molar refractivity (Wildman–Crippen MR) is 58.8 cm³/mol. The van der Waals surface area contributed by atoms with Crippen LogP contribution in [-0.2, 0) is 4.79 Å². The van der Waals surface area contributed by atoms with E-state index in [0.29, 0.717) is 38.5 Å². The van der Waals surface area contributed by atoms with Crippen LogP contribution in [0, 0.1) is 5.41 Å². The Hall–Kier alpha value is -0.710. The lowest BCUT2D eigenvalue weighted by atomic mass is 9.93. The fourth-order valence-corrected chi connectivity index (χ4v) is 2.77. The van der Waals surface area contributed by atoms with Crippen LogP contribution in [0.3, 0.4) is 0 Å². The molecule has 0 radical (unpaired) electrons. The van der Waals surface area contributed by atoms with Gasteiger partial charge in [0.2, 0.25) is 5.91 Å². The van der Waals surface area contributed by atoms with Gasteiger partial charge in [-0.15, -0.1) is 0 Å². The topological polar surface area (TPSA) is 32.3 Å². The molecule has 3 fully saturated rings. The highest BCUT2D eigenvalue weighted by Crippen LogP contribution is 2.65. The standard InChI is InChI=1S/C12H18F2N2O/c13-12(14)8-11(12)3-5-16(6-4-11)7-10(17)15-9-1-2-9/h9H,1-8H2,(H,15,17). The summed E-state index contributed by atoms with van der Waals surface area (Å²) in [5, 5.41) is 2.93. The van der Waals surface area contributed by atoms with Crippen molar-refractivity contribution >= 4 is 5.91 Å². The average molecular weight is 244 g/mol. The van der Waals surface area contributed by atoms with Crippen molar-refractivity contribution in [2.24, 2.45) is 5.41 Å². The van der Waals surface area contributed by atoms with Crippen LogP contribution in [0.15, 0.2) is 0 Å². The first-order chi connectivity index (χ1) is 8.01. The van der Waals surface area contributed by atoms with Crippen molar-refractivity contribution < 1.29 is 13.6 Å². The predicted octanol–water partition coefficient (Wildman–Crippen LogP) is 1.39. The second kappa shape index (κ2) is 3.64. The molecular formula is C12H18F2N2O. The summed E-state index contributed by atoms with van der Waals surface area (Å²) in [7, 11) is 0. The van der Waals surface area contributed by atoms with E-state index < -0.39 is 11.3 Å². The summed E-state index contributed by atoms with van der Waals surface area (Å²) in [5.74, 6) is -2.39. The molecule has 1 amide bonds. The van der Waals surface area contributed by atoms with Crippen LogP contribution in [0.4, 0.5) is 8.78 Å². The van der Waals surface area contributed by atoms with Gasteiger partial charge in [0.25, 0.3) is 5.92 Å². The van der Waals surface area contributed by atoms with E-state index in [2.05, 4.69) is 5.32 Å². The molecule has 0 unspecified atom stereocenters. The van der Waals surface area contributed by atoms with Crippen molar-refractivity contribution in [3.63, 3.8) is 0 Å². The minimum Gasteiger partial charge on any atom is -0.352 e. The van der Waals surface area contributed by atoms with E-state index in [-0.39, 0.29) is 12.3 Å². The number of hydrogen-bond donors (Lipinski definition) is 1. The van der Waals surface area contributed by atoms with Crippen LogP contribution in [0.2, 0.25) is 0 Å². The first-order valence-electron chi connectivity index (χ1n) is 6.40. The van der Waals surface area contributed by atoms with Crippen LogP contribution in [0.5, 0.6) is 0 Å². The summed E-state index contributed by atoms with van der Waals surface area (Å²) in [5.41, 5.74) is -0.712. The van der Waals surface area contributed by atoms with E-state index in [4.69, 9.17) is 0 Å². The van der Waals surface area contributed by atoms with Crippen molar-refractivity contribution in [1.82, 2.24) is 10.2 Å². The smallest absolute Gasteiger partial charge is 0.254 e. The third kappa shape index (κ3) is 2.17. The maximum Gasteiger partial charge on any atom is 0.254 e. The van der Waals surface area contributed by atoms with Crippen LogP contribution in [0.25, 0.3) is 0 Å². The highest BCUT2D eigenvalue weighted by molar-refractivity contribution is 5.78. The molecular weight excluding hydrogens is 226 g/mol. The molecule has 1 saturated heterocycles. The first-order valence-corrected chi connectivity index (χ1v) is 6.40. The van der Waals surface area contributed by atoms with E-state index in [1.165, 1.54) is 0 Å². The van der Waals surface area contributed by atoms with Gasteiger partial charge in [0, 0.05) is 17.9 Å². The van der Waals surface area contributed by atoms with Crippen LogP contribution in [0.1, 0.15) is 32.1 Å². The zero-order valence-electron chi connectivity index (χ0n) is 9.85. The third-order valence-corrected chi connectivity index (χ3v) is 4.33. The molecule has 96 valence electrons. The molecule has 0 bridgehead atoms. The molecule has 1 heterocycles. The summed E-state index contributed by atoms with van der Waals surface area (Å²) in [6.45, 7) is 1.64. The van der Waals surface area contributed by atoms with Crippen LogP contribution < -0.4 is 5.32 Å². The average Bonchev–Trinajstić information content (AvgIpc) is 3.12.